The van der Waals surface area contributed by atoms with E-state index in [9.17, 15) is 14.4 Å². The number of H-pyrrole nitrogens is 1. The molecule has 1 aliphatic heterocycles. The van der Waals surface area contributed by atoms with Gasteiger partial charge < -0.3 is 24.8 Å². The van der Waals surface area contributed by atoms with Gasteiger partial charge >= 0.3 is 0 Å². The van der Waals surface area contributed by atoms with Crippen molar-refractivity contribution in [3.05, 3.63) is 69.2 Å². The predicted octanol–water partition coefficient (Wildman–Crippen LogP) is 3.38. The molecule has 2 amide bonds. The molecule has 2 aromatic rings. The Kier molecular flexibility index (Phi) is 8.51. The van der Waals surface area contributed by atoms with Crippen molar-refractivity contribution in [1.82, 2.24) is 10.3 Å². The molecule has 0 atom stereocenters. The molecule has 3 rings (SSSR count). The highest BCUT2D eigenvalue weighted by atomic mass is 16.5. The Morgan fingerprint density at radius 3 is 2.49 bits per heavy atom. The van der Waals surface area contributed by atoms with Crippen molar-refractivity contribution in [3.8, 4) is 0 Å². The summed E-state index contributed by atoms with van der Waals surface area (Å²) in [4.78, 5) is 44.8. The Labute approximate surface area is 207 Å². The van der Waals surface area contributed by atoms with E-state index < -0.39 is 0 Å². The molecule has 8 heteroatoms. The Hall–Kier alpha value is -3.39. The number of carbonyl (C=O) groups excluding carboxylic acids is 2. The van der Waals surface area contributed by atoms with Crippen LogP contribution in [0.2, 0.25) is 0 Å². The molecule has 0 spiro atoms. The molecule has 1 fully saturated rings. The Morgan fingerprint density at radius 2 is 1.89 bits per heavy atom. The van der Waals surface area contributed by atoms with E-state index in [1.807, 2.05) is 32.9 Å². The second-order valence-corrected chi connectivity index (χ2v) is 8.99. The smallest absolute Gasteiger partial charge is 0.253 e. The second-order valence-electron chi connectivity index (χ2n) is 8.99. The first-order chi connectivity index (χ1) is 16.7. The summed E-state index contributed by atoms with van der Waals surface area (Å²) in [6.45, 7) is 13.6. The van der Waals surface area contributed by atoms with Gasteiger partial charge in [0, 0.05) is 67.6 Å². The molecule has 0 aliphatic carbocycles. The number of aryl methyl sites for hydroxylation is 2. The van der Waals surface area contributed by atoms with E-state index >= 15 is 0 Å². The SMILES string of the molecule is C=CC(=O)N(C)c1cc(C(=O)NCc2c(C)cc(C)[nH]c2=O)c(C)c(N(CC)C2CCOCC2)c1. The average molecular weight is 481 g/mol. The lowest BCUT2D eigenvalue weighted by atomic mass is 9.99. The number of ether oxygens (including phenoxy) is 1. The van der Waals surface area contributed by atoms with Crippen LogP contribution in [0.25, 0.3) is 0 Å². The number of hydrogen-bond acceptors (Lipinski definition) is 5. The summed E-state index contributed by atoms with van der Waals surface area (Å²) >= 11 is 0. The van der Waals surface area contributed by atoms with Crippen LogP contribution in [-0.2, 0) is 16.1 Å². The van der Waals surface area contributed by atoms with Gasteiger partial charge in [-0.05, 0) is 75.9 Å². The van der Waals surface area contributed by atoms with E-state index in [2.05, 4.69) is 28.7 Å². The minimum atomic E-state index is -0.299. The summed E-state index contributed by atoms with van der Waals surface area (Å²) in [7, 11) is 1.67. The summed E-state index contributed by atoms with van der Waals surface area (Å²) in [6, 6.07) is 5.85. The summed E-state index contributed by atoms with van der Waals surface area (Å²) in [5, 5.41) is 2.91. The van der Waals surface area contributed by atoms with E-state index in [0.29, 0.717) is 30.0 Å². The van der Waals surface area contributed by atoms with Crippen LogP contribution in [-0.4, -0.2) is 49.6 Å². The molecule has 8 nitrogen and oxygen atoms in total. The van der Waals surface area contributed by atoms with Crippen LogP contribution >= 0.6 is 0 Å². The maximum atomic E-state index is 13.4. The van der Waals surface area contributed by atoms with Gasteiger partial charge in [-0.1, -0.05) is 6.58 Å². The summed E-state index contributed by atoms with van der Waals surface area (Å²) < 4.78 is 5.55. The maximum Gasteiger partial charge on any atom is 0.253 e. The van der Waals surface area contributed by atoms with Gasteiger partial charge in [0.1, 0.15) is 0 Å². The van der Waals surface area contributed by atoms with Crippen molar-refractivity contribution in [1.29, 1.82) is 0 Å². The van der Waals surface area contributed by atoms with E-state index in [4.69, 9.17) is 4.74 Å². The second kappa shape index (κ2) is 11.4. The number of nitrogens with one attached hydrogen (secondary N) is 2. The average Bonchev–Trinajstić information content (AvgIpc) is 2.84. The molecule has 1 saturated heterocycles. The topological polar surface area (TPSA) is 94.7 Å². The number of amides is 2. The quantitative estimate of drug-likeness (QED) is 0.565. The maximum absolute atomic E-state index is 13.4. The Morgan fingerprint density at radius 1 is 1.20 bits per heavy atom. The summed E-state index contributed by atoms with van der Waals surface area (Å²) in [6.07, 6.45) is 3.05. The molecule has 0 radical (unpaired) electrons. The number of pyridine rings is 1. The monoisotopic (exact) mass is 480 g/mol. The van der Waals surface area contributed by atoms with E-state index in [1.54, 1.807) is 13.1 Å². The van der Waals surface area contributed by atoms with Gasteiger partial charge in [-0.25, -0.2) is 0 Å². The number of likely N-dealkylation sites (N-methyl/N-ethyl adjacent to an activating group) is 1. The third kappa shape index (κ3) is 5.82. The van der Waals surface area contributed by atoms with Gasteiger partial charge in [-0.15, -0.1) is 0 Å². The van der Waals surface area contributed by atoms with Crippen LogP contribution in [0.3, 0.4) is 0 Å². The summed E-state index contributed by atoms with van der Waals surface area (Å²) in [5.74, 6) is -0.561. The largest absolute Gasteiger partial charge is 0.381 e. The number of aromatic amines is 1. The van der Waals surface area contributed by atoms with Gasteiger partial charge in [-0.2, -0.15) is 0 Å². The molecule has 1 aromatic heterocycles. The zero-order valence-electron chi connectivity index (χ0n) is 21.4. The minimum absolute atomic E-state index is 0.109. The predicted molar refractivity (Wildman–Crippen MR) is 139 cm³/mol. The lowest BCUT2D eigenvalue weighted by Crippen LogP contribution is -2.40. The molecule has 0 saturated carbocycles. The van der Waals surface area contributed by atoms with Crippen molar-refractivity contribution < 1.29 is 14.3 Å². The van der Waals surface area contributed by atoms with E-state index in [0.717, 1.165) is 41.9 Å². The first kappa shape index (κ1) is 26.2. The number of benzene rings is 1. The molecule has 0 bridgehead atoms. The van der Waals surface area contributed by atoms with Crippen LogP contribution in [0.15, 0.2) is 35.6 Å². The molecule has 188 valence electrons. The third-order valence-electron chi connectivity index (χ3n) is 6.70. The van der Waals surface area contributed by atoms with Crippen LogP contribution in [0.1, 0.15) is 52.5 Å². The molecule has 0 unspecified atom stereocenters. The minimum Gasteiger partial charge on any atom is -0.381 e. The van der Waals surface area contributed by atoms with E-state index in [-0.39, 0.29) is 30.0 Å². The van der Waals surface area contributed by atoms with Crippen LogP contribution in [0.4, 0.5) is 11.4 Å². The summed E-state index contributed by atoms with van der Waals surface area (Å²) in [5.41, 5.74) is 4.73. The lowest BCUT2D eigenvalue weighted by Gasteiger charge is -2.37. The van der Waals surface area contributed by atoms with Gasteiger partial charge in [0.25, 0.3) is 11.5 Å². The number of rotatable bonds is 8. The highest BCUT2D eigenvalue weighted by Crippen LogP contribution is 2.33. The molecule has 1 aliphatic rings. The first-order valence-corrected chi connectivity index (χ1v) is 12.0. The van der Waals surface area contributed by atoms with Gasteiger partial charge in [0.15, 0.2) is 0 Å². The number of carbonyl (C=O) groups is 2. The number of aromatic nitrogens is 1. The van der Waals surface area contributed by atoms with Crippen LogP contribution < -0.4 is 20.7 Å². The Bertz CT molecular complexity index is 1160. The highest BCUT2D eigenvalue weighted by molar-refractivity contribution is 6.03. The van der Waals surface area contributed by atoms with Gasteiger partial charge in [0.05, 0.1) is 0 Å². The number of hydrogen-bond donors (Lipinski definition) is 2. The molecule has 1 aromatic carbocycles. The van der Waals surface area contributed by atoms with Gasteiger partial charge in [0.2, 0.25) is 5.91 Å². The fourth-order valence-electron chi connectivity index (χ4n) is 4.66. The van der Waals surface area contributed by atoms with E-state index in [1.165, 1.54) is 11.0 Å². The third-order valence-corrected chi connectivity index (χ3v) is 6.70. The van der Waals surface area contributed by atoms with Crippen molar-refractivity contribution in [2.24, 2.45) is 0 Å². The van der Waals surface area contributed by atoms with Crippen LogP contribution in [0, 0.1) is 20.8 Å². The van der Waals surface area contributed by atoms with Crippen LogP contribution in [0.5, 0.6) is 0 Å². The molecule has 35 heavy (non-hydrogen) atoms. The molecular weight excluding hydrogens is 444 g/mol. The molecule has 2 N–H and O–H groups in total. The Balaban J connectivity index is 2.01. The fourth-order valence-corrected chi connectivity index (χ4v) is 4.66. The number of nitrogens with zero attached hydrogens (tertiary/aromatic N) is 2. The zero-order chi connectivity index (χ0) is 25.7. The van der Waals surface area contributed by atoms with Crippen molar-refractivity contribution in [2.45, 2.75) is 53.1 Å². The lowest BCUT2D eigenvalue weighted by molar-refractivity contribution is -0.113. The normalized spacial score (nSPS) is 13.9. The van der Waals surface area contributed by atoms with Gasteiger partial charge in [-0.3, -0.25) is 14.4 Å². The van der Waals surface area contributed by atoms with Crippen molar-refractivity contribution in [2.75, 3.05) is 36.6 Å². The molecule has 2 heterocycles. The molecular formula is C27H36N4O4. The first-order valence-electron chi connectivity index (χ1n) is 12.0. The zero-order valence-corrected chi connectivity index (χ0v) is 21.4. The van der Waals surface area contributed by atoms with Crippen molar-refractivity contribution >= 4 is 23.2 Å². The standard InChI is InChI=1S/C27H36N4O4/c1-7-25(32)30(6)21-14-22(26(33)28-16-23-17(3)13-18(4)29-27(23)34)19(5)24(15-21)31(8-2)20-9-11-35-12-10-20/h7,13-15,20H,1,8-12,16H2,2-6H3,(H,28,33)(H,29,34). The number of anilines is 2. The van der Waals surface area contributed by atoms with Crippen molar-refractivity contribution in [3.63, 3.8) is 0 Å². The fraction of sp³-hybridized carbons (Fsp3) is 0.444. The highest BCUT2D eigenvalue weighted by Gasteiger charge is 2.25.